The second-order valence-corrected chi connectivity index (χ2v) is 10.5. The van der Waals surface area contributed by atoms with E-state index in [9.17, 15) is 24.5 Å². The first kappa shape index (κ1) is 24.7. The average molecular weight is 542 g/mol. The number of fused-ring (bicyclic) bond motifs is 6. The highest BCUT2D eigenvalue weighted by atomic mass is 16.6. The summed E-state index contributed by atoms with van der Waals surface area (Å²) in [6, 6.07) is 27.4. The number of benzene rings is 4. The van der Waals surface area contributed by atoms with Crippen LogP contribution in [0.25, 0.3) is 6.08 Å². The number of para-hydroxylation sites is 1. The molecule has 1 amide bonds. The van der Waals surface area contributed by atoms with E-state index in [1.165, 1.54) is 24.3 Å². The van der Waals surface area contributed by atoms with Crippen molar-refractivity contribution in [3.8, 4) is 0 Å². The third-order valence-corrected chi connectivity index (χ3v) is 8.54. The Bertz CT molecular complexity index is 1780. The molecular weight excluding hydrogens is 518 g/mol. The van der Waals surface area contributed by atoms with Gasteiger partial charge in [-0.15, -0.1) is 0 Å². The molecule has 8 heteroatoms. The smallest absolute Gasteiger partial charge is 0.269 e. The van der Waals surface area contributed by atoms with Crippen LogP contribution in [0.3, 0.4) is 0 Å². The molecule has 0 saturated carbocycles. The van der Waals surface area contributed by atoms with Gasteiger partial charge in [0.05, 0.1) is 16.9 Å². The zero-order valence-corrected chi connectivity index (χ0v) is 21.6. The van der Waals surface area contributed by atoms with Crippen molar-refractivity contribution in [2.45, 2.75) is 17.5 Å². The van der Waals surface area contributed by atoms with Gasteiger partial charge in [0.15, 0.2) is 11.6 Å². The average Bonchev–Trinajstić information content (AvgIpc) is 3.49. The van der Waals surface area contributed by atoms with Gasteiger partial charge in [0.1, 0.15) is 11.5 Å². The molecule has 0 bridgehead atoms. The number of anilines is 1. The molecule has 3 heterocycles. The molecule has 0 aromatic heterocycles. The van der Waals surface area contributed by atoms with Crippen LogP contribution in [0, 0.1) is 16.0 Å². The van der Waals surface area contributed by atoms with E-state index in [0.29, 0.717) is 16.8 Å². The Kier molecular flexibility index (Phi) is 5.47. The minimum absolute atomic E-state index is 0.143. The molecule has 4 aromatic carbocycles. The first-order chi connectivity index (χ1) is 19.9. The van der Waals surface area contributed by atoms with Crippen LogP contribution in [0.15, 0.2) is 109 Å². The topological polar surface area (TPSA) is 110 Å². The summed E-state index contributed by atoms with van der Waals surface area (Å²) in [5.74, 6) is -2.15. The molecule has 1 N–H and O–H groups in total. The number of ketones is 2. The Hall–Kier alpha value is -5.37. The van der Waals surface area contributed by atoms with Crippen LogP contribution in [-0.4, -0.2) is 33.3 Å². The number of Topliss-reactive ketones (excluding diaryl/α,β-unsaturated/α-hetero) is 2. The van der Waals surface area contributed by atoms with E-state index in [-0.39, 0.29) is 22.9 Å². The number of amides is 1. The largest absolute Gasteiger partial charge is 0.358 e. The maximum atomic E-state index is 14.6. The molecule has 1 fully saturated rings. The highest BCUT2D eigenvalue weighted by molar-refractivity contribution is 6.16. The number of rotatable bonds is 5. The molecule has 7 rings (SSSR count). The zero-order chi connectivity index (χ0) is 28.3. The van der Waals surface area contributed by atoms with Gasteiger partial charge in [-0.25, -0.2) is 0 Å². The van der Waals surface area contributed by atoms with E-state index in [1.54, 1.807) is 36.5 Å². The van der Waals surface area contributed by atoms with Crippen LogP contribution in [0.1, 0.15) is 43.4 Å². The van der Waals surface area contributed by atoms with Gasteiger partial charge in [-0.3, -0.25) is 24.5 Å². The Morgan fingerprint density at radius 1 is 0.805 bits per heavy atom. The van der Waals surface area contributed by atoms with Gasteiger partial charge in [0.2, 0.25) is 5.91 Å². The number of nitrogens with zero attached hydrogens (tertiary/aromatic N) is 2. The number of hydrogen-bond donors (Lipinski definition) is 1. The maximum absolute atomic E-state index is 14.6. The van der Waals surface area contributed by atoms with Gasteiger partial charge >= 0.3 is 0 Å². The van der Waals surface area contributed by atoms with Crippen LogP contribution in [-0.2, 0) is 10.2 Å². The third-order valence-electron chi connectivity index (χ3n) is 8.54. The number of carbonyl (C=O) groups is 3. The molecule has 4 atom stereocenters. The molecule has 200 valence electrons. The fourth-order valence-corrected chi connectivity index (χ4v) is 6.87. The van der Waals surface area contributed by atoms with Crippen molar-refractivity contribution < 1.29 is 19.3 Å². The van der Waals surface area contributed by atoms with Crippen molar-refractivity contribution in [1.82, 2.24) is 4.90 Å². The van der Waals surface area contributed by atoms with E-state index in [2.05, 4.69) is 5.32 Å². The minimum Gasteiger partial charge on any atom is -0.358 e. The standard InChI is InChI=1S/C33H23N3O5/c37-29(21-9-2-1-3-10-21)27-28(30(38)22-14-16-23(17-15-22)36(40)41)35-19-18-20-8-4-5-11-24(20)31(35)33(27)25-12-6-7-13-26(25)34-32(33)39/h1-19,27-28,31H,(H,34,39)/t27-,28+,31-,33-/m1/s1. The van der Waals surface area contributed by atoms with E-state index in [4.69, 9.17) is 0 Å². The molecule has 4 aromatic rings. The van der Waals surface area contributed by atoms with Gasteiger partial charge in [0, 0.05) is 35.1 Å². The summed E-state index contributed by atoms with van der Waals surface area (Å²) in [6.07, 6.45) is 3.69. The third kappa shape index (κ3) is 3.43. The number of nitro groups is 1. The summed E-state index contributed by atoms with van der Waals surface area (Å²) in [7, 11) is 0. The highest BCUT2D eigenvalue weighted by Crippen LogP contribution is 2.62. The molecule has 0 radical (unpaired) electrons. The van der Waals surface area contributed by atoms with Crippen LogP contribution in [0.4, 0.5) is 11.4 Å². The lowest BCUT2D eigenvalue weighted by Gasteiger charge is -2.38. The Labute approximate surface area is 235 Å². The summed E-state index contributed by atoms with van der Waals surface area (Å²) < 4.78 is 0. The molecule has 8 nitrogen and oxygen atoms in total. The Morgan fingerprint density at radius 3 is 2.22 bits per heavy atom. The van der Waals surface area contributed by atoms with Crippen LogP contribution < -0.4 is 5.32 Å². The van der Waals surface area contributed by atoms with E-state index >= 15 is 0 Å². The molecule has 1 saturated heterocycles. The Morgan fingerprint density at radius 2 is 1.46 bits per heavy atom. The highest BCUT2D eigenvalue weighted by Gasteiger charge is 2.70. The Balaban J connectivity index is 1.51. The molecule has 3 aliphatic rings. The number of hydrogen-bond acceptors (Lipinski definition) is 6. The molecule has 0 aliphatic carbocycles. The van der Waals surface area contributed by atoms with Crippen molar-refractivity contribution in [1.29, 1.82) is 0 Å². The SMILES string of the molecule is O=C(c1ccc([N+](=O)[O-])cc1)[C@@H]1[C@H](C(=O)c2ccccc2)[C@@]2(C(=O)Nc3ccccc32)[C@H]2c3ccccc3C=CN12. The van der Waals surface area contributed by atoms with Crippen molar-refractivity contribution in [2.24, 2.45) is 5.92 Å². The van der Waals surface area contributed by atoms with E-state index < -0.39 is 34.1 Å². The number of nitrogens with one attached hydrogen (secondary N) is 1. The zero-order valence-electron chi connectivity index (χ0n) is 21.6. The van der Waals surface area contributed by atoms with E-state index in [1.807, 2.05) is 59.5 Å². The quantitative estimate of drug-likeness (QED) is 0.201. The van der Waals surface area contributed by atoms with Crippen molar-refractivity contribution in [2.75, 3.05) is 5.32 Å². The maximum Gasteiger partial charge on any atom is 0.269 e. The van der Waals surface area contributed by atoms with Crippen molar-refractivity contribution in [3.63, 3.8) is 0 Å². The molecule has 1 spiro atoms. The fourth-order valence-electron chi connectivity index (χ4n) is 6.87. The van der Waals surface area contributed by atoms with E-state index in [0.717, 1.165) is 11.1 Å². The fraction of sp³-hybridized carbons (Fsp3) is 0.121. The summed E-state index contributed by atoms with van der Waals surface area (Å²) in [6.45, 7) is 0. The number of nitro benzene ring substituents is 1. The van der Waals surface area contributed by atoms with Gasteiger partial charge in [-0.2, -0.15) is 0 Å². The lowest BCUT2D eigenvalue weighted by atomic mass is 9.62. The van der Waals surface area contributed by atoms with Crippen LogP contribution in [0.5, 0.6) is 0 Å². The van der Waals surface area contributed by atoms with Crippen molar-refractivity contribution >= 4 is 34.9 Å². The van der Waals surface area contributed by atoms with Gasteiger partial charge < -0.3 is 10.2 Å². The lowest BCUT2D eigenvalue weighted by molar-refractivity contribution is -0.384. The summed E-state index contributed by atoms with van der Waals surface area (Å²) in [4.78, 5) is 56.1. The summed E-state index contributed by atoms with van der Waals surface area (Å²) >= 11 is 0. The normalized spacial score (nSPS) is 23.5. The second kappa shape index (κ2) is 9.09. The lowest BCUT2D eigenvalue weighted by Crippen LogP contribution is -2.49. The predicted octanol–water partition coefficient (Wildman–Crippen LogP) is 5.58. The molecular formula is C33H23N3O5. The predicted molar refractivity (Wildman–Crippen MR) is 152 cm³/mol. The first-order valence-corrected chi connectivity index (χ1v) is 13.3. The number of non-ortho nitro benzene ring substituents is 1. The van der Waals surface area contributed by atoms with Crippen LogP contribution >= 0.6 is 0 Å². The van der Waals surface area contributed by atoms with Gasteiger partial charge in [0.25, 0.3) is 5.69 Å². The minimum atomic E-state index is -1.43. The van der Waals surface area contributed by atoms with Crippen LogP contribution in [0.2, 0.25) is 0 Å². The second-order valence-electron chi connectivity index (χ2n) is 10.5. The van der Waals surface area contributed by atoms with Gasteiger partial charge in [-0.1, -0.05) is 72.8 Å². The number of carbonyl (C=O) groups excluding carboxylic acids is 3. The van der Waals surface area contributed by atoms with Crippen molar-refractivity contribution in [3.05, 3.63) is 147 Å². The monoisotopic (exact) mass is 541 g/mol. The molecule has 0 unspecified atom stereocenters. The molecule has 41 heavy (non-hydrogen) atoms. The summed E-state index contributed by atoms with van der Waals surface area (Å²) in [5, 5.41) is 14.3. The molecule has 3 aliphatic heterocycles. The first-order valence-electron chi connectivity index (χ1n) is 13.3. The van der Waals surface area contributed by atoms with Gasteiger partial charge in [-0.05, 0) is 41.0 Å². The summed E-state index contributed by atoms with van der Waals surface area (Å²) in [5.41, 5.74) is 2.07.